The van der Waals surface area contributed by atoms with Gasteiger partial charge in [0.1, 0.15) is 23.0 Å². The van der Waals surface area contributed by atoms with Crippen LogP contribution in [-0.4, -0.2) is 55.0 Å². The van der Waals surface area contributed by atoms with Crippen LogP contribution in [-0.2, 0) is 59.1 Å². The van der Waals surface area contributed by atoms with E-state index in [9.17, 15) is 28.9 Å². The summed E-state index contributed by atoms with van der Waals surface area (Å²) in [6.45, 7) is 25.7. The third kappa shape index (κ3) is 18.4. The van der Waals surface area contributed by atoms with Gasteiger partial charge in [-0.05, 0) is 216 Å². The Kier molecular flexibility index (Phi) is 22.7. The molecule has 5 aromatic rings. The van der Waals surface area contributed by atoms with Crippen LogP contribution in [0.25, 0.3) is 0 Å². The first kappa shape index (κ1) is 63.7. The van der Waals surface area contributed by atoms with Crippen LogP contribution in [0.4, 0.5) is 0 Å². The minimum Gasteiger partial charge on any atom is -0.508 e. The van der Waals surface area contributed by atoms with E-state index in [1.807, 2.05) is 68.4 Å². The van der Waals surface area contributed by atoms with Crippen LogP contribution in [0.5, 0.6) is 23.0 Å². The van der Waals surface area contributed by atoms with Crippen molar-refractivity contribution in [3.05, 3.63) is 151 Å². The molecule has 0 bridgehead atoms. The van der Waals surface area contributed by atoms with Crippen molar-refractivity contribution in [1.29, 1.82) is 0 Å². The molecule has 1 fully saturated rings. The molecule has 1 saturated heterocycles. The number of benzene rings is 5. The Bertz CT molecular complexity index is 2880. The van der Waals surface area contributed by atoms with Crippen LogP contribution < -0.4 is 9.47 Å². The van der Waals surface area contributed by atoms with Crippen molar-refractivity contribution in [3.63, 3.8) is 0 Å². The molecule has 17 heteroatoms. The molecule has 5 aromatic carbocycles. The van der Waals surface area contributed by atoms with E-state index in [1.165, 1.54) is 5.56 Å². The monoisotopic (exact) mass is 1130 g/mol. The maximum absolute atomic E-state index is 13.5. The molecule has 0 radical (unpaired) electrons. The van der Waals surface area contributed by atoms with Crippen LogP contribution >= 0.6 is 26.8 Å². The molecule has 0 amide bonds. The molecule has 0 aliphatic carbocycles. The Labute approximate surface area is 467 Å². The molecule has 1 heterocycles. The molecule has 6 rings (SSSR count). The summed E-state index contributed by atoms with van der Waals surface area (Å²) in [4.78, 5) is 24.2. The number of phenolic OH excluding ortho intramolecular Hbond substituents is 2. The number of aromatic hydroxyl groups is 2. The topological polar surface area (TPSA) is 183 Å². The van der Waals surface area contributed by atoms with Crippen LogP contribution in [0, 0.1) is 38.5 Å². The summed E-state index contributed by atoms with van der Waals surface area (Å²) in [7, 11) is -7.45. The van der Waals surface area contributed by atoms with Crippen molar-refractivity contribution in [2.75, 3.05) is 32.9 Å². The summed E-state index contributed by atoms with van der Waals surface area (Å²) in [5, 5.41) is 21.2. The van der Waals surface area contributed by atoms with Crippen LogP contribution in [0.3, 0.4) is 0 Å². The molecule has 14 nitrogen and oxygen atoms in total. The second-order valence-electron chi connectivity index (χ2n) is 22.2. The molecular formula is C61H81ClO14P2. The van der Waals surface area contributed by atoms with E-state index < -0.39 is 57.9 Å². The summed E-state index contributed by atoms with van der Waals surface area (Å²) in [6.07, 6.45) is 2.93. The van der Waals surface area contributed by atoms with Crippen molar-refractivity contribution < 1.29 is 66.0 Å². The van der Waals surface area contributed by atoms with Gasteiger partial charge in [-0.25, -0.2) is 0 Å². The molecule has 78 heavy (non-hydrogen) atoms. The second kappa shape index (κ2) is 27.8. The molecule has 0 saturated carbocycles. The van der Waals surface area contributed by atoms with Gasteiger partial charge in [0, 0.05) is 11.4 Å². The lowest BCUT2D eigenvalue weighted by atomic mass is 9.91. The fourth-order valence-corrected chi connectivity index (χ4v) is 11.1. The number of rotatable bonds is 21. The van der Waals surface area contributed by atoms with Crippen molar-refractivity contribution in [2.45, 2.75) is 147 Å². The van der Waals surface area contributed by atoms with Gasteiger partial charge in [0.05, 0.1) is 23.5 Å². The number of ether oxygens (including phenoxy) is 4. The van der Waals surface area contributed by atoms with E-state index in [0.29, 0.717) is 53.4 Å². The largest absolute Gasteiger partial charge is 0.508 e. The van der Waals surface area contributed by atoms with Crippen molar-refractivity contribution in [1.82, 2.24) is 0 Å². The van der Waals surface area contributed by atoms with Gasteiger partial charge in [0.25, 0.3) is 0 Å². The fourth-order valence-electron chi connectivity index (χ4n) is 8.45. The van der Waals surface area contributed by atoms with E-state index in [4.69, 9.17) is 48.6 Å². The highest BCUT2D eigenvalue weighted by molar-refractivity contribution is 7.54. The van der Waals surface area contributed by atoms with E-state index >= 15 is 0 Å². The average Bonchev–Trinajstić information content (AvgIpc) is 3.38. The normalized spacial score (nSPS) is 16.6. The number of carbonyl (C=O) groups excluding carboxylic acids is 2. The molecule has 2 unspecified atom stereocenters. The summed E-state index contributed by atoms with van der Waals surface area (Å²) in [5.74, 6) is 1.20. The Balaban J connectivity index is 0.000000290. The van der Waals surface area contributed by atoms with E-state index in [1.54, 1.807) is 59.7 Å². The molecule has 2 N–H and O–H groups in total. The van der Waals surface area contributed by atoms with Crippen LogP contribution in [0.1, 0.15) is 168 Å². The molecule has 1 aliphatic rings. The highest BCUT2D eigenvalue weighted by Crippen LogP contribution is 2.56. The summed E-state index contributed by atoms with van der Waals surface area (Å²) < 4.78 is 70.8. The lowest BCUT2D eigenvalue weighted by Gasteiger charge is -2.30. The zero-order valence-corrected chi connectivity index (χ0v) is 50.5. The third-order valence-electron chi connectivity index (χ3n) is 13.6. The van der Waals surface area contributed by atoms with Gasteiger partial charge in [0.15, 0.2) is 12.7 Å². The second-order valence-corrected chi connectivity index (χ2v) is 26.6. The molecule has 0 aromatic heterocycles. The first-order valence-corrected chi connectivity index (χ1v) is 30.4. The number of carbonyl (C=O) groups is 2. The van der Waals surface area contributed by atoms with Crippen LogP contribution in [0.2, 0.25) is 5.02 Å². The van der Waals surface area contributed by atoms with Gasteiger partial charge in [0.2, 0.25) is 13.6 Å². The Hall–Kier alpha value is -5.17. The van der Waals surface area contributed by atoms with E-state index in [-0.39, 0.29) is 18.4 Å². The van der Waals surface area contributed by atoms with Gasteiger partial charge in [-0.1, -0.05) is 75.7 Å². The maximum Gasteiger partial charge on any atom is 0.373 e. The number of esters is 2. The zero-order valence-electron chi connectivity index (χ0n) is 48.0. The summed E-state index contributed by atoms with van der Waals surface area (Å²) in [5.41, 5.74) is 9.92. The molecule has 0 spiro atoms. The number of hydrogen-bond donors (Lipinski definition) is 2. The summed E-state index contributed by atoms with van der Waals surface area (Å²) >= 11 is 6.11. The van der Waals surface area contributed by atoms with Gasteiger partial charge in [-0.3, -0.25) is 32.3 Å². The number of hydrogen-bond acceptors (Lipinski definition) is 14. The van der Waals surface area contributed by atoms with Gasteiger partial charge in [-0.2, -0.15) is 0 Å². The van der Waals surface area contributed by atoms with Gasteiger partial charge < -0.3 is 33.7 Å². The number of halogens is 1. The molecule has 1 aliphatic heterocycles. The van der Waals surface area contributed by atoms with Crippen LogP contribution in [0.15, 0.2) is 84.9 Å². The maximum atomic E-state index is 13.5. The van der Waals surface area contributed by atoms with Crippen molar-refractivity contribution in [3.8, 4) is 23.0 Å². The van der Waals surface area contributed by atoms with Crippen molar-refractivity contribution in [2.24, 2.45) is 10.8 Å². The zero-order chi connectivity index (χ0) is 57.8. The highest BCUT2D eigenvalue weighted by Gasteiger charge is 2.36. The Morgan fingerprint density at radius 3 is 1.56 bits per heavy atom. The lowest BCUT2D eigenvalue weighted by molar-refractivity contribution is -0.162. The Morgan fingerprint density at radius 1 is 0.692 bits per heavy atom. The van der Waals surface area contributed by atoms with Crippen molar-refractivity contribution >= 4 is 38.7 Å². The standard InChI is InChI=1S/C32H47O9P.C29H34ClO5P/c1-11-21(2)27-17-24(12-13-28(27)33)16-26-22(3)14-25(15-23(26)4)39-20-42(36,40-18-37-29(34)31(5,6)7)41-19-38-30(35)32(8,9)10;1-5-19(2)27-16-22(9-10-28(27)31)15-26-20(3)13-25(14-21(26)4)33-18-36(32)34-12-11-29(35-36)23-7-6-8-24(30)17-23/h12-15,17,21,33H,11,16,18-20H2,1-10H3;6-10,13-14,16-17,19,29,31H,5,11-12,15,18H2,1-4H3/t;19?,29-,36+/m.0/s1. The predicted molar refractivity (Wildman–Crippen MR) is 306 cm³/mol. The smallest absolute Gasteiger partial charge is 0.373 e. The molecular weight excluding hydrogens is 1050 g/mol. The number of phenols is 2. The first-order chi connectivity index (χ1) is 36.5. The average molecular weight is 1140 g/mol. The quantitative estimate of drug-likeness (QED) is 0.0402. The third-order valence-corrected chi connectivity index (χ3v) is 16.9. The number of aryl methyl sites for hydroxylation is 4. The predicted octanol–water partition coefficient (Wildman–Crippen LogP) is 16.2. The van der Waals surface area contributed by atoms with E-state index in [2.05, 4.69) is 53.7 Å². The minimum absolute atomic E-state index is 0.154. The Morgan fingerprint density at radius 2 is 1.14 bits per heavy atom. The summed E-state index contributed by atoms with van der Waals surface area (Å²) in [6, 6.07) is 26.6. The fraction of sp³-hybridized carbons (Fsp3) is 0.475. The van der Waals surface area contributed by atoms with Gasteiger partial charge in [-0.15, -0.1) is 0 Å². The minimum atomic E-state index is -4.02. The lowest BCUT2D eigenvalue weighted by Crippen LogP contribution is -2.25. The first-order valence-electron chi connectivity index (χ1n) is 26.5. The van der Waals surface area contributed by atoms with E-state index in [0.717, 1.165) is 74.9 Å². The molecule has 426 valence electrons. The molecule has 4 atom stereocenters. The SMILES string of the molecule is CCC(C)c1cc(Cc2c(C)cc(OCP(=O)(OCOC(=O)C(C)(C)C)OCOC(=O)C(C)(C)C)cc2C)ccc1O.CCC(C)c1cc(Cc2c(C)cc(OC[P@@]3(=O)OCC[C@@H](c4cccc(Cl)c4)O3)cc2C)ccc1O. The highest BCUT2D eigenvalue weighted by atomic mass is 35.5. The van der Waals surface area contributed by atoms with Gasteiger partial charge >= 0.3 is 27.1 Å².